The molecule has 0 spiro atoms. The summed E-state index contributed by atoms with van der Waals surface area (Å²) in [6.07, 6.45) is 0. The van der Waals surface area contributed by atoms with E-state index in [1.54, 1.807) is 4.90 Å². The average Bonchev–Trinajstić information content (AvgIpc) is 2.62. The summed E-state index contributed by atoms with van der Waals surface area (Å²) in [6, 6.07) is 10.1. The molecule has 2 aromatic rings. The van der Waals surface area contributed by atoms with Crippen LogP contribution in [0.1, 0.15) is 5.56 Å². The molecule has 2 bridgehead atoms. The number of hydrogen-bond acceptors (Lipinski definition) is 3. The van der Waals surface area contributed by atoms with Gasteiger partial charge in [-0.25, -0.2) is 13.6 Å². The molecule has 0 saturated carbocycles. The Morgan fingerprint density at radius 2 is 1.62 bits per heavy atom. The summed E-state index contributed by atoms with van der Waals surface area (Å²) in [7, 11) is 2.01. The highest BCUT2D eigenvalue weighted by atomic mass is 79.9. The van der Waals surface area contributed by atoms with Crippen LogP contribution < -0.4 is 5.32 Å². The Bertz CT molecular complexity index is 888. The number of amides is 2. The monoisotopic (exact) mass is 465 g/mol. The number of fused-ring (bicyclic) bond motifs is 2. The van der Waals surface area contributed by atoms with Crippen molar-refractivity contribution in [1.82, 2.24) is 9.80 Å². The van der Waals surface area contributed by atoms with Gasteiger partial charge in [0.2, 0.25) is 0 Å². The Labute approximate surface area is 176 Å². The SMILES string of the molecule is CN1CC2CN(C(=O)Nc3cc(F)cc(F)c3)CC(C1)C2(O)c1ccc(Br)cc1. The number of rotatable bonds is 2. The first kappa shape index (κ1) is 20.3. The van der Waals surface area contributed by atoms with Crippen molar-refractivity contribution in [2.75, 3.05) is 38.5 Å². The van der Waals surface area contributed by atoms with Gasteiger partial charge in [0.1, 0.15) is 17.2 Å². The van der Waals surface area contributed by atoms with E-state index in [-0.39, 0.29) is 17.5 Å². The number of urea groups is 1. The fourth-order valence-corrected chi connectivity index (χ4v) is 4.89. The molecule has 2 atom stereocenters. The second-order valence-corrected chi connectivity index (χ2v) is 8.86. The highest BCUT2D eigenvalue weighted by molar-refractivity contribution is 9.10. The molecular weight excluding hydrogens is 444 g/mol. The standard InChI is InChI=1S/C21H22BrF2N3O2/c1-26-9-14-11-27(20(28)25-19-7-17(23)6-18(24)8-19)12-15(10-26)21(14,29)13-2-4-16(22)5-3-13/h2-8,14-15,29H,9-12H2,1H3,(H,25,28). The van der Waals surface area contributed by atoms with Crippen LogP contribution in [0.2, 0.25) is 0 Å². The summed E-state index contributed by atoms with van der Waals surface area (Å²) >= 11 is 3.42. The third-order valence-electron chi connectivity index (χ3n) is 5.90. The van der Waals surface area contributed by atoms with Crippen LogP contribution in [0.5, 0.6) is 0 Å². The summed E-state index contributed by atoms with van der Waals surface area (Å²) in [6.45, 7) is 1.97. The Morgan fingerprint density at radius 3 is 2.17 bits per heavy atom. The maximum Gasteiger partial charge on any atom is 0.321 e. The second-order valence-electron chi connectivity index (χ2n) is 7.94. The maximum absolute atomic E-state index is 13.4. The molecular formula is C21H22BrF2N3O2. The number of hydrogen-bond donors (Lipinski definition) is 2. The number of likely N-dealkylation sites (tertiary alicyclic amines) is 2. The molecule has 29 heavy (non-hydrogen) atoms. The topological polar surface area (TPSA) is 55.8 Å². The molecule has 0 aliphatic carbocycles. The van der Waals surface area contributed by atoms with Crippen molar-refractivity contribution in [2.24, 2.45) is 11.8 Å². The van der Waals surface area contributed by atoms with E-state index >= 15 is 0 Å². The van der Waals surface area contributed by atoms with E-state index in [0.717, 1.165) is 28.2 Å². The number of carbonyl (C=O) groups is 1. The summed E-state index contributed by atoms with van der Waals surface area (Å²) in [5.74, 6) is -1.86. The van der Waals surface area contributed by atoms with Gasteiger partial charge in [0, 0.05) is 54.2 Å². The van der Waals surface area contributed by atoms with E-state index in [0.29, 0.717) is 26.2 Å². The molecule has 8 heteroatoms. The third-order valence-corrected chi connectivity index (χ3v) is 6.43. The molecule has 5 nitrogen and oxygen atoms in total. The molecule has 154 valence electrons. The number of nitrogens with one attached hydrogen (secondary N) is 1. The predicted octanol–water partition coefficient (Wildman–Crippen LogP) is 3.64. The van der Waals surface area contributed by atoms with Crippen molar-refractivity contribution in [3.63, 3.8) is 0 Å². The molecule has 0 radical (unpaired) electrons. The Kier molecular flexibility index (Phi) is 5.35. The fourth-order valence-electron chi connectivity index (χ4n) is 4.62. The lowest BCUT2D eigenvalue weighted by Gasteiger charge is -2.55. The minimum atomic E-state index is -1.03. The minimum absolute atomic E-state index is 0.0727. The van der Waals surface area contributed by atoms with Gasteiger partial charge in [0.15, 0.2) is 0 Å². The van der Waals surface area contributed by atoms with Crippen LogP contribution in [-0.4, -0.2) is 54.2 Å². The summed E-state index contributed by atoms with van der Waals surface area (Å²) < 4.78 is 27.8. The Balaban J connectivity index is 1.56. The molecule has 2 amide bonds. The fraction of sp³-hybridized carbons (Fsp3) is 0.381. The van der Waals surface area contributed by atoms with E-state index in [9.17, 15) is 18.7 Å². The lowest BCUT2D eigenvalue weighted by Crippen LogP contribution is -2.65. The largest absolute Gasteiger partial charge is 0.384 e. The Hall–Kier alpha value is -2.03. The molecule has 2 aliphatic rings. The van der Waals surface area contributed by atoms with Gasteiger partial charge in [0.25, 0.3) is 0 Å². The average molecular weight is 466 g/mol. The first-order valence-corrected chi connectivity index (χ1v) is 10.2. The molecule has 2 aliphatic heterocycles. The number of halogens is 3. The van der Waals surface area contributed by atoms with Crippen LogP contribution in [0, 0.1) is 23.5 Å². The van der Waals surface area contributed by atoms with Crippen LogP contribution >= 0.6 is 15.9 Å². The van der Waals surface area contributed by atoms with Gasteiger partial charge in [-0.2, -0.15) is 0 Å². The van der Waals surface area contributed by atoms with Crippen LogP contribution in [0.25, 0.3) is 0 Å². The first-order chi connectivity index (χ1) is 13.8. The summed E-state index contributed by atoms with van der Waals surface area (Å²) in [5.41, 5.74) is -0.117. The lowest BCUT2D eigenvalue weighted by atomic mass is 9.66. The van der Waals surface area contributed by atoms with Crippen LogP contribution in [-0.2, 0) is 5.60 Å². The summed E-state index contributed by atoms with van der Waals surface area (Å²) in [4.78, 5) is 16.6. The van der Waals surface area contributed by atoms with Crippen LogP contribution in [0.3, 0.4) is 0 Å². The zero-order chi connectivity index (χ0) is 20.8. The van der Waals surface area contributed by atoms with Gasteiger partial charge in [-0.05, 0) is 36.9 Å². The highest BCUT2D eigenvalue weighted by Crippen LogP contribution is 2.45. The number of nitrogens with zero attached hydrogens (tertiary/aromatic N) is 2. The van der Waals surface area contributed by atoms with Gasteiger partial charge < -0.3 is 20.2 Å². The van der Waals surface area contributed by atoms with Crippen molar-refractivity contribution in [1.29, 1.82) is 0 Å². The van der Waals surface area contributed by atoms with E-state index < -0.39 is 23.3 Å². The summed E-state index contributed by atoms with van der Waals surface area (Å²) in [5, 5.41) is 14.3. The predicted molar refractivity (Wildman–Crippen MR) is 109 cm³/mol. The second kappa shape index (κ2) is 7.66. The van der Waals surface area contributed by atoms with Crippen molar-refractivity contribution < 1.29 is 18.7 Å². The molecule has 2 heterocycles. The lowest BCUT2D eigenvalue weighted by molar-refractivity contribution is -0.153. The normalized spacial score (nSPS) is 27.0. The zero-order valence-electron chi connectivity index (χ0n) is 15.9. The molecule has 2 N–H and O–H groups in total. The van der Waals surface area contributed by atoms with E-state index in [2.05, 4.69) is 26.1 Å². The number of piperidine rings is 2. The van der Waals surface area contributed by atoms with Crippen LogP contribution in [0.4, 0.5) is 19.3 Å². The zero-order valence-corrected chi connectivity index (χ0v) is 17.5. The van der Waals surface area contributed by atoms with Crippen molar-refractivity contribution >= 4 is 27.6 Å². The number of carbonyl (C=O) groups excluding carboxylic acids is 1. The first-order valence-electron chi connectivity index (χ1n) is 9.44. The van der Waals surface area contributed by atoms with Crippen molar-refractivity contribution in [3.8, 4) is 0 Å². The van der Waals surface area contributed by atoms with Gasteiger partial charge in [-0.15, -0.1) is 0 Å². The minimum Gasteiger partial charge on any atom is -0.384 e. The number of aliphatic hydroxyl groups is 1. The molecule has 2 fully saturated rings. The number of benzene rings is 2. The quantitative estimate of drug-likeness (QED) is 0.711. The Morgan fingerprint density at radius 1 is 1.07 bits per heavy atom. The van der Waals surface area contributed by atoms with E-state index in [1.165, 1.54) is 0 Å². The van der Waals surface area contributed by atoms with E-state index in [1.807, 2.05) is 31.3 Å². The smallest absolute Gasteiger partial charge is 0.321 e. The van der Waals surface area contributed by atoms with Crippen molar-refractivity contribution in [3.05, 3.63) is 64.1 Å². The number of anilines is 1. The van der Waals surface area contributed by atoms with Gasteiger partial charge in [0.05, 0.1) is 0 Å². The molecule has 0 aromatic heterocycles. The molecule has 4 rings (SSSR count). The van der Waals surface area contributed by atoms with Gasteiger partial charge in [-0.3, -0.25) is 0 Å². The third kappa shape index (κ3) is 3.89. The maximum atomic E-state index is 13.4. The molecule has 2 saturated heterocycles. The van der Waals surface area contributed by atoms with E-state index in [4.69, 9.17) is 0 Å². The molecule has 2 aromatic carbocycles. The highest BCUT2D eigenvalue weighted by Gasteiger charge is 2.53. The van der Waals surface area contributed by atoms with Crippen molar-refractivity contribution in [2.45, 2.75) is 5.60 Å². The van der Waals surface area contributed by atoms with Gasteiger partial charge >= 0.3 is 6.03 Å². The molecule has 2 unspecified atom stereocenters. The van der Waals surface area contributed by atoms with Gasteiger partial charge in [-0.1, -0.05) is 28.1 Å². The van der Waals surface area contributed by atoms with Crippen LogP contribution in [0.15, 0.2) is 46.9 Å².